The third-order valence-corrected chi connectivity index (χ3v) is 4.44. The van der Waals surface area contributed by atoms with E-state index < -0.39 is 0 Å². The Morgan fingerprint density at radius 2 is 2.00 bits per heavy atom. The first-order chi connectivity index (χ1) is 9.99. The predicted octanol–water partition coefficient (Wildman–Crippen LogP) is 3.31. The molecule has 0 radical (unpaired) electrons. The third kappa shape index (κ3) is 5.93. The zero-order valence-corrected chi connectivity index (χ0v) is 15.2. The number of nitrogens with one attached hydrogen (secondary N) is 1. The molecule has 1 aromatic rings. The highest BCUT2D eigenvalue weighted by atomic mass is 32.1. The van der Waals surface area contributed by atoms with E-state index in [1.54, 1.807) is 7.11 Å². The van der Waals surface area contributed by atoms with Gasteiger partial charge in [-0.15, -0.1) is 11.3 Å². The molecule has 0 amide bonds. The fraction of sp³-hybridized carbons (Fsp3) is 0.812. The molecule has 0 saturated heterocycles. The van der Waals surface area contributed by atoms with Gasteiger partial charge in [0.15, 0.2) is 5.13 Å². The zero-order valence-electron chi connectivity index (χ0n) is 14.4. The van der Waals surface area contributed by atoms with Crippen molar-refractivity contribution in [3.8, 4) is 0 Å². The fourth-order valence-electron chi connectivity index (χ4n) is 2.19. The van der Waals surface area contributed by atoms with E-state index in [0.29, 0.717) is 12.0 Å². The Kier molecular flexibility index (Phi) is 8.22. The van der Waals surface area contributed by atoms with E-state index in [0.717, 1.165) is 32.7 Å². The largest absolute Gasteiger partial charge is 0.383 e. The first-order valence-corrected chi connectivity index (χ1v) is 8.76. The Balaban J connectivity index is 2.80. The second-order valence-electron chi connectivity index (χ2n) is 6.03. The molecule has 0 aliphatic rings. The number of anilines is 1. The van der Waals surface area contributed by atoms with Crippen LogP contribution in [0.1, 0.15) is 45.2 Å². The minimum absolute atomic E-state index is 0.484. The highest BCUT2D eigenvalue weighted by Gasteiger charge is 2.18. The van der Waals surface area contributed by atoms with Gasteiger partial charge in [-0.05, 0) is 26.2 Å². The van der Waals surface area contributed by atoms with Crippen LogP contribution in [0.25, 0.3) is 0 Å². The van der Waals surface area contributed by atoms with Crippen LogP contribution >= 0.6 is 11.3 Å². The molecule has 4 nitrogen and oxygen atoms in total. The maximum Gasteiger partial charge on any atom is 0.186 e. The molecule has 0 bridgehead atoms. The minimum atomic E-state index is 0.484. The topological polar surface area (TPSA) is 37.4 Å². The van der Waals surface area contributed by atoms with E-state index >= 15 is 0 Å². The average Bonchev–Trinajstić information content (AvgIpc) is 2.83. The predicted molar refractivity (Wildman–Crippen MR) is 92.4 cm³/mol. The van der Waals surface area contributed by atoms with Crippen molar-refractivity contribution in [2.75, 3.05) is 31.7 Å². The second-order valence-corrected chi connectivity index (χ2v) is 7.09. The molecule has 1 rings (SSSR count). The molecule has 0 fully saturated rings. The lowest BCUT2D eigenvalue weighted by atomic mass is 10.2. The summed E-state index contributed by atoms with van der Waals surface area (Å²) in [6, 6.07) is 0.484. The molecule has 5 heteroatoms. The smallest absolute Gasteiger partial charge is 0.186 e. The molecule has 0 aromatic carbocycles. The van der Waals surface area contributed by atoms with Gasteiger partial charge in [0.05, 0.1) is 12.3 Å². The van der Waals surface area contributed by atoms with Gasteiger partial charge >= 0.3 is 0 Å². The summed E-state index contributed by atoms with van der Waals surface area (Å²) in [6.45, 7) is 14.8. The van der Waals surface area contributed by atoms with Crippen LogP contribution in [0.3, 0.4) is 0 Å². The Bertz CT molecular complexity index is 404. The van der Waals surface area contributed by atoms with Gasteiger partial charge in [0.2, 0.25) is 0 Å². The van der Waals surface area contributed by atoms with Crippen molar-refractivity contribution in [2.45, 2.75) is 53.6 Å². The SMILES string of the molecule is CCc1nc(N(CC(C)C)C(C)C)sc1CNCCOC. The minimum Gasteiger partial charge on any atom is -0.383 e. The van der Waals surface area contributed by atoms with E-state index in [1.165, 1.54) is 15.7 Å². The van der Waals surface area contributed by atoms with Crippen molar-refractivity contribution < 1.29 is 4.74 Å². The number of rotatable bonds is 10. The molecule has 0 aliphatic carbocycles. The first kappa shape index (κ1) is 18.4. The third-order valence-electron chi connectivity index (χ3n) is 3.30. The van der Waals surface area contributed by atoms with E-state index in [1.807, 2.05) is 11.3 Å². The monoisotopic (exact) mass is 313 g/mol. The van der Waals surface area contributed by atoms with Crippen LogP contribution in [0.5, 0.6) is 0 Å². The number of aromatic nitrogens is 1. The zero-order chi connectivity index (χ0) is 15.8. The number of aryl methyl sites for hydroxylation is 1. The molecule has 1 aromatic heterocycles. The lowest BCUT2D eigenvalue weighted by Gasteiger charge is -2.27. The van der Waals surface area contributed by atoms with Crippen molar-refractivity contribution in [1.82, 2.24) is 10.3 Å². The van der Waals surface area contributed by atoms with Crippen molar-refractivity contribution in [3.63, 3.8) is 0 Å². The molecule has 122 valence electrons. The number of hydrogen-bond acceptors (Lipinski definition) is 5. The van der Waals surface area contributed by atoms with Crippen LogP contribution in [0, 0.1) is 5.92 Å². The van der Waals surface area contributed by atoms with E-state index in [-0.39, 0.29) is 0 Å². The van der Waals surface area contributed by atoms with E-state index in [9.17, 15) is 0 Å². The summed E-state index contributed by atoms with van der Waals surface area (Å²) >= 11 is 1.83. The quantitative estimate of drug-likeness (QED) is 0.673. The van der Waals surface area contributed by atoms with Gasteiger partial charge in [0.25, 0.3) is 0 Å². The second kappa shape index (κ2) is 9.38. The summed E-state index contributed by atoms with van der Waals surface area (Å²) in [5, 5.41) is 4.59. The van der Waals surface area contributed by atoms with E-state index in [2.05, 4.69) is 44.8 Å². The molecule has 0 saturated carbocycles. The molecule has 0 aliphatic heterocycles. The van der Waals surface area contributed by atoms with Gasteiger partial charge in [0, 0.05) is 37.7 Å². The highest BCUT2D eigenvalue weighted by molar-refractivity contribution is 7.15. The molecular weight excluding hydrogens is 282 g/mol. The van der Waals surface area contributed by atoms with Crippen LogP contribution in [-0.4, -0.2) is 37.8 Å². The molecule has 21 heavy (non-hydrogen) atoms. The summed E-state index contributed by atoms with van der Waals surface area (Å²) in [5.41, 5.74) is 1.23. The van der Waals surface area contributed by atoms with Gasteiger partial charge in [-0.1, -0.05) is 20.8 Å². The molecule has 0 spiro atoms. The van der Waals surface area contributed by atoms with Crippen molar-refractivity contribution in [1.29, 1.82) is 0 Å². The van der Waals surface area contributed by atoms with E-state index in [4.69, 9.17) is 9.72 Å². The van der Waals surface area contributed by atoms with Gasteiger partial charge in [-0.2, -0.15) is 0 Å². The van der Waals surface area contributed by atoms with Gasteiger partial charge in [-0.25, -0.2) is 4.98 Å². The Labute approximate surface area is 133 Å². The van der Waals surface area contributed by atoms with Crippen molar-refractivity contribution in [3.05, 3.63) is 10.6 Å². The summed E-state index contributed by atoms with van der Waals surface area (Å²) in [5.74, 6) is 0.643. The highest BCUT2D eigenvalue weighted by Crippen LogP contribution is 2.28. The first-order valence-electron chi connectivity index (χ1n) is 7.94. The van der Waals surface area contributed by atoms with Crippen LogP contribution in [0.15, 0.2) is 0 Å². The van der Waals surface area contributed by atoms with Crippen LogP contribution in [-0.2, 0) is 17.7 Å². The summed E-state index contributed by atoms with van der Waals surface area (Å²) in [7, 11) is 1.73. The standard InChI is InChI=1S/C16H31N3OS/c1-7-14-15(10-17-8-9-20-6)21-16(18-14)19(13(4)5)11-12(2)3/h12-13,17H,7-11H2,1-6H3. The molecule has 1 N–H and O–H groups in total. The van der Waals surface area contributed by atoms with Crippen LogP contribution in [0.4, 0.5) is 5.13 Å². The van der Waals surface area contributed by atoms with Crippen molar-refractivity contribution >= 4 is 16.5 Å². The van der Waals surface area contributed by atoms with Crippen LogP contribution in [0.2, 0.25) is 0 Å². The normalized spacial score (nSPS) is 11.6. The number of nitrogens with zero attached hydrogens (tertiary/aromatic N) is 2. The maximum atomic E-state index is 5.07. The maximum absolute atomic E-state index is 5.07. The summed E-state index contributed by atoms with van der Waals surface area (Å²) < 4.78 is 5.07. The molecular formula is C16H31N3OS. The Hall–Kier alpha value is -0.650. The number of hydrogen-bond donors (Lipinski definition) is 1. The number of methoxy groups -OCH3 is 1. The summed E-state index contributed by atoms with van der Waals surface area (Å²) in [4.78, 5) is 8.66. The average molecular weight is 314 g/mol. The summed E-state index contributed by atoms with van der Waals surface area (Å²) in [6.07, 6.45) is 0.991. The van der Waals surface area contributed by atoms with Gasteiger partial charge in [0.1, 0.15) is 0 Å². The fourth-order valence-corrected chi connectivity index (χ4v) is 3.45. The molecule has 0 atom stereocenters. The van der Waals surface area contributed by atoms with Gasteiger partial charge < -0.3 is 15.0 Å². The number of thiazole rings is 1. The van der Waals surface area contributed by atoms with Crippen LogP contribution < -0.4 is 10.2 Å². The lowest BCUT2D eigenvalue weighted by molar-refractivity contribution is 0.199. The Morgan fingerprint density at radius 3 is 2.52 bits per heavy atom. The van der Waals surface area contributed by atoms with Crippen molar-refractivity contribution in [2.24, 2.45) is 5.92 Å². The lowest BCUT2D eigenvalue weighted by Crippen LogP contribution is -2.34. The number of ether oxygens (including phenoxy) is 1. The van der Waals surface area contributed by atoms with Gasteiger partial charge in [-0.3, -0.25) is 0 Å². The Morgan fingerprint density at radius 1 is 1.29 bits per heavy atom. The molecule has 0 unspecified atom stereocenters. The molecule has 1 heterocycles.